The molecule has 0 bridgehead atoms. The zero-order chi connectivity index (χ0) is 10.8. The van der Waals surface area contributed by atoms with Gasteiger partial charge in [0.2, 0.25) is 0 Å². The van der Waals surface area contributed by atoms with Gasteiger partial charge in [0, 0.05) is 32.2 Å². The average Bonchev–Trinajstić information content (AvgIpc) is 2.39. The molecular weight excluding hydrogens is 198 g/mol. The first-order valence-electron chi connectivity index (χ1n) is 7.01. The summed E-state index contributed by atoms with van der Waals surface area (Å²) in [7, 11) is 0. The van der Waals surface area contributed by atoms with E-state index in [0.717, 1.165) is 12.6 Å². The molecule has 2 heterocycles. The molecule has 0 spiro atoms. The van der Waals surface area contributed by atoms with Crippen molar-refractivity contribution in [2.24, 2.45) is 4.99 Å². The smallest absolute Gasteiger partial charge is 0.196 e. The number of rotatable bonds is 1. The summed E-state index contributed by atoms with van der Waals surface area (Å²) in [5, 5.41) is 0. The Kier molecular flexibility index (Phi) is 3.02. The fourth-order valence-electron chi connectivity index (χ4n) is 3.40. The van der Waals surface area contributed by atoms with Gasteiger partial charge in [-0.3, -0.25) is 4.99 Å². The van der Waals surface area contributed by atoms with Crippen LogP contribution in [0.15, 0.2) is 4.99 Å². The normalized spacial score (nSPS) is 27.6. The molecule has 0 aromatic rings. The third-order valence-electron chi connectivity index (χ3n) is 4.22. The van der Waals surface area contributed by atoms with Gasteiger partial charge in [0.05, 0.1) is 0 Å². The molecule has 2 aliphatic heterocycles. The molecule has 0 atom stereocenters. The Hall–Kier alpha value is -0.730. The van der Waals surface area contributed by atoms with Gasteiger partial charge in [0.1, 0.15) is 0 Å². The maximum absolute atomic E-state index is 4.78. The van der Waals surface area contributed by atoms with Crippen LogP contribution in [0.2, 0.25) is 0 Å². The minimum absolute atomic E-state index is 0.799. The zero-order valence-electron chi connectivity index (χ0n) is 10.2. The quantitative estimate of drug-likeness (QED) is 0.675. The van der Waals surface area contributed by atoms with Gasteiger partial charge < -0.3 is 9.80 Å². The van der Waals surface area contributed by atoms with Crippen LogP contribution in [0.5, 0.6) is 0 Å². The Labute approximate surface area is 98.5 Å². The fourth-order valence-corrected chi connectivity index (χ4v) is 3.40. The molecule has 3 heteroatoms. The molecule has 0 unspecified atom stereocenters. The van der Waals surface area contributed by atoms with Crippen molar-refractivity contribution in [2.45, 2.75) is 51.0 Å². The summed E-state index contributed by atoms with van der Waals surface area (Å²) >= 11 is 0. The number of aliphatic imine (C=N–C) groups is 1. The fraction of sp³-hybridized carbons (Fsp3) is 0.923. The monoisotopic (exact) mass is 221 g/mol. The molecule has 2 fully saturated rings. The molecule has 0 N–H and O–H groups in total. The number of guanidine groups is 1. The highest BCUT2D eigenvalue weighted by molar-refractivity contribution is 5.81. The van der Waals surface area contributed by atoms with E-state index >= 15 is 0 Å². The molecule has 0 amide bonds. The second-order valence-corrected chi connectivity index (χ2v) is 5.36. The molecule has 0 radical (unpaired) electrons. The Balaban J connectivity index is 1.74. The molecular formula is C13H23N3. The number of nitrogens with zero attached hydrogens (tertiary/aromatic N) is 3. The van der Waals surface area contributed by atoms with E-state index in [4.69, 9.17) is 4.99 Å². The summed E-state index contributed by atoms with van der Waals surface area (Å²) in [5.74, 6) is 1.34. The third-order valence-corrected chi connectivity index (χ3v) is 4.22. The summed E-state index contributed by atoms with van der Waals surface area (Å²) in [6, 6.07) is 0.799. The SMILES string of the molecule is C1CCC(N2CCCN3CCCN=C32)CC1. The van der Waals surface area contributed by atoms with Gasteiger partial charge in [-0.2, -0.15) is 0 Å². The van der Waals surface area contributed by atoms with Gasteiger partial charge in [0.25, 0.3) is 0 Å². The van der Waals surface area contributed by atoms with Crippen LogP contribution in [0.4, 0.5) is 0 Å². The van der Waals surface area contributed by atoms with Crippen LogP contribution >= 0.6 is 0 Å². The summed E-state index contributed by atoms with van der Waals surface area (Å²) in [6.07, 6.45) is 9.67. The largest absolute Gasteiger partial charge is 0.343 e. The average molecular weight is 221 g/mol. The van der Waals surface area contributed by atoms with Crippen LogP contribution < -0.4 is 0 Å². The van der Waals surface area contributed by atoms with E-state index in [1.54, 1.807) is 0 Å². The highest BCUT2D eigenvalue weighted by atomic mass is 15.4. The first-order valence-corrected chi connectivity index (χ1v) is 7.01. The molecule has 3 aliphatic rings. The lowest BCUT2D eigenvalue weighted by molar-refractivity contribution is 0.171. The van der Waals surface area contributed by atoms with Crippen molar-refractivity contribution in [2.75, 3.05) is 26.2 Å². The Morgan fingerprint density at radius 2 is 1.69 bits per heavy atom. The van der Waals surface area contributed by atoms with E-state index in [-0.39, 0.29) is 0 Å². The van der Waals surface area contributed by atoms with Crippen LogP contribution in [0.3, 0.4) is 0 Å². The molecule has 1 saturated carbocycles. The van der Waals surface area contributed by atoms with Crippen molar-refractivity contribution in [3.05, 3.63) is 0 Å². The van der Waals surface area contributed by atoms with Crippen molar-refractivity contribution >= 4 is 5.96 Å². The van der Waals surface area contributed by atoms with Crippen molar-refractivity contribution in [3.63, 3.8) is 0 Å². The lowest BCUT2D eigenvalue weighted by atomic mass is 9.93. The second kappa shape index (κ2) is 4.64. The van der Waals surface area contributed by atoms with E-state index in [2.05, 4.69) is 9.80 Å². The third kappa shape index (κ3) is 1.92. The van der Waals surface area contributed by atoms with Gasteiger partial charge in [-0.1, -0.05) is 19.3 Å². The molecule has 1 saturated heterocycles. The maximum atomic E-state index is 4.78. The first kappa shape index (κ1) is 10.4. The van der Waals surface area contributed by atoms with Gasteiger partial charge in [-0.25, -0.2) is 0 Å². The van der Waals surface area contributed by atoms with Crippen LogP contribution in [0.1, 0.15) is 44.9 Å². The Morgan fingerprint density at radius 3 is 2.56 bits per heavy atom. The van der Waals surface area contributed by atoms with E-state index in [1.807, 2.05) is 0 Å². The standard InChI is InChI=1S/C13H23N3/c1-2-6-12(7-3-1)16-11-5-10-15-9-4-8-14-13(15)16/h12H,1-11H2. The number of hydrogen-bond donors (Lipinski definition) is 0. The Bertz CT molecular complexity index is 268. The highest BCUT2D eigenvalue weighted by Gasteiger charge is 2.30. The van der Waals surface area contributed by atoms with Gasteiger partial charge >= 0.3 is 0 Å². The summed E-state index contributed by atoms with van der Waals surface area (Å²) in [5.41, 5.74) is 0. The predicted octanol–water partition coefficient (Wildman–Crippen LogP) is 2.09. The molecule has 3 nitrogen and oxygen atoms in total. The minimum atomic E-state index is 0.799. The van der Waals surface area contributed by atoms with Crippen LogP contribution in [0.25, 0.3) is 0 Å². The molecule has 0 aromatic carbocycles. The zero-order valence-corrected chi connectivity index (χ0v) is 10.2. The van der Waals surface area contributed by atoms with Gasteiger partial charge in [0.15, 0.2) is 5.96 Å². The molecule has 90 valence electrons. The topological polar surface area (TPSA) is 18.8 Å². The predicted molar refractivity (Wildman–Crippen MR) is 66.7 cm³/mol. The maximum Gasteiger partial charge on any atom is 0.196 e. The van der Waals surface area contributed by atoms with E-state index in [0.29, 0.717) is 0 Å². The van der Waals surface area contributed by atoms with Crippen LogP contribution in [0, 0.1) is 0 Å². The van der Waals surface area contributed by atoms with Crippen molar-refractivity contribution in [1.82, 2.24) is 9.80 Å². The molecule has 16 heavy (non-hydrogen) atoms. The van der Waals surface area contributed by atoms with Crippen LogP contribution in [-0.2, 0) is 0 Å². The highest BCUT2D eigenvalue weighted by Crippen LogP contribution is 2.26. The number of hydrogen-bond acceptors (Lipinski definition) is 3. The van der Waals surface area contributed by atoms with Crippen molar-refractivity contribution in [1.29, 1.82) is 0 Å². The number of fused-ring (bicyclic) bond motifs is 1. The van der Waals surface area contributed by atoms with E-state index in [1.165, 1.54) is 70.5 Å². The summed E-state index contributed by atoms with van der Waals surface area (Å²) < 4.78 is 0. The van der Waals surface area contributed by atoms with E-state index in [9.17, 15) is 0 Å². The summed E-state index contributed by atoms with van der Waals surface area (Å²) in [6.45, 7) is 4.78. The van der Waals surface area contributed by atoms with Gasteiger partial charge in [-0.05, 0) is 25.7 Å². The lowest BCUT2D eigenvalue weighted by Crippen LogP contribution is -2.56. The second-order valence-electron chi connectivity index (χ2n) is 5.36. The van der Waals surface area contributed by atoms with E-state index < -0.39 is 0 Å². The first-order chi connectivity index (χ1) is 7.95. The van der Waals surface area contributed by atoms with Crippen molar-refractivity contribution in [3.8, 4) is 0 Å². The Morgan fingerprint density at radius 1 is 0.875 bits per heavy atom. The minimum Gasteiger partial charge on any atom is -0.343 e. The van der Waals surface area contributed by atoms with Gasteiger partial charge in [-0.15, -0.1) is 0 Å². The molecule has 0 aromatic heterocycles. The van der Waals surface area contributed by atoms with Crippen LogP contribution in [-0.4, -0.2) is 48.0 Å². The van der Waals surface area contributed by atoms with Crippen molar-refractivity contribution < 1.29 is 0 Å². The summed E-state index contributed by atoms with van der Waals surface area (Å²) in [4.78, 5) is 9.92. The lowest BCUT2D eigenvalue weighted by Gasteiger charge is -2.45. The molecule has 1 aliphatic carbocycles. The molecule has 3 rings (SSSR count).